The Hall–Kier alpha value is -8.22. The van der Waals surface area contributed by atoms with Crippen LogP contribution in [0.4, 0.5) is 61.5 Å². The summed E-state index contributed by atoms with van der Waals surface area (Å²) in [6.45, 7) is 5.16. The van der Waals surface area contributed by atoms with Crippen molar-refractivity contribution in [2.45, 2.75) is 184 Å². The summed E-state index contributed by atoms with van der Waals surface area (Å²) < 4.78 is 289. The van der Waals surface area contributed by atoms with Gasteiger partial charge in [0.15, 0.2) is 64.6 Å². The molecule has 1 saturated heterocycles. The minimum absolute atomic E-state index is 0.0146. The van der Waals surface area contributed by atoms with Gasteiger partial charge in [0, 0.05) is 27.6 Å². The second-order valence-corrected chi connectivity index (χ2v) is 41.2. The minimum Gasteiger partial charge on any atom is -0.743 e. The van der Waals surface area contributed by atoms with Crippen LogP contribution in [-0.2, 0) is 77.3 Å². The predicted molar refractivity (Wildman–Crippen MR) is 433 cm³/mol. The molecule has 5 unspecified atom stereocenters. The van der Waals surface area contributed by atoms with E-state index in [0.29, 0.717) is 30.2 Å². The average Bonchev–Trinajstić information content (AvgIpc) is 1.13. The third kappa shape index (κ3) is 23.5. The van der Waals surface area contributed by atoms with Crippen LogP contribution < -0.4 is 4.74 Å². The van der Waals surface area contributed by atoms with Crippen LogP contribution in [-0.4, -0.2) is 115 Å². The van der Waals surface area contributed by atoms with Crippen molar-refractivity contribution in [3.8, 4) is 5.75 Å². The lowest BCUT2D eigenvalue weighted by Crippen LogP contribution is -2.56. The standard InChI is InChI=1S/C19H17S.C18H23OS.C18H15S.C14H17F5O5S.C10H7F5O5S.C9H12F4O3S/c1-16-12-14-19(15-13-16)20(17-8-4-2-5-9-17)18-10-6-3-7-11-18;1-2-3-12-19-17-10-11-18(20-13-6-7-14-20)16-9-5-4-8-15(16)17;1-4-10-16(11-5-1)19(17-12-6-2-7-13-17)18-14-8-3-9-15-18;15-13(16,17)10(14(18,19)25(21,22)23)24-11(20)12-4-7-1-8(5-12)3-9(2-7)6-12;11-9(12,13)8(10(14,15)21(17,18)19)20-7(16)6-4-2-1-3-5-6;10-8(11,9(12,13)17(14,15)16)7-4-5-1-2-6(7)3-5/h2-15H,1H3;4-5,8-11H,2-3,6-7,12-14H2,1H3;1-15H;7-10H,1-6H2,(H,21,22,23);1-5,8H,(H,17,18,19);5-7H,1-4H2,(H,14,15,16)/q3*+1;;;/p-3. The highest BCUT2D eigenvalue weighted by molar-refractivity contribution is 7.97. The summed E-state index contributed by atoms with van der Waals surface area (Å²) >= 11 is 0. The molecule has 34 heteroatoms. The molecule has 658 valence electrons. The van der Waals surface area contributed by atoms with Crippen molar-refractivity contribution in [1.29, 1.82) is 0 Å². The Labute approximate surface area is 708 Å². The van der Waals surface area contributed by atoms with Gasteiger partial charge >= 0.3 is 46.0 Å². The zero-order chi connectivity index (χ0) is 88.9. The molecule has 9 aromatic rings. The zero-order valence-electron chi connectivity index (χ0n) is 65.7. The molecular weight excluding hydrogens is 1740 g/mol. The van der Waals surface area contributed by atoms with Crippen LogP contribution in [0.2, 0.25) is 0 Å². The number of aryl methyl sites for hydroxylation is 1. The molecule has 1 heterocycles. The number of alkyl halides is 14. The quantitative estimate of drug-likeness (QED) is 0.0202. The summed E-state index contributed by atoms with van der Waals surface area (Å²) in [6, 6.07) is 81.5. The minimum atomic E-state index is -6.69. The SMILES string of the molecule is CCCCOc1ccc([S+]2CCCC2)c2ccccc12.Cc1ccc([S+](c2ccccc2)c2ccccc2)cc1.O=C(OC(C(F)(F)F)C(F)(F)S(=O)(=O)[O-])C12CC3CC(CC(C3)C1)C2.O=C(OC(C(F)(F)F)C(F)(F)S(=O)(=O)[O-])c1ccccc1.O=S(=O)([O-])C(F)(F)C(F)(F)C1CC2CCC1C2.c1ccc([S+](c2ccccc2)c2ccccc2)cc1. The fraction of sp³-hybridized carbons (Fsp3) is 0.386. The first-order valence-corrected chi connectivity index (χ1v) is 47.2. The van der Waals surface area contributed by atoms with Gasteiger partial charge in [0.1, 0.15) is 17.3 Å². The fourth-order valence-corrected chi connectivity index (χ4v) is 24.5. The Morgan fingerprint density at radius 2 is 0.828 bits per heavy atom. The van der Waals surface area contributed by atoms with Crippen molar-refractivity contribution in [2.75, 3.05) is 18.1 Å². The molecule has 1 aliphatic heterocycles. The number of ether oxygens (including phenoxy) is 3. The first-order valence-electron chi connectivity index (χ1n) is 39.0. The summed E-state index contributed by atoms with van der Waals surface area (Å²) in [4.78, 5) is 33.4. The van der Waals surface area contributed by atoms with Gasteiger partial charge in [-0.15, -0.1) is 0 Å². The Balaban J connectivity index is 0.000000154. The number of hydrogen-bond acceptors (Lipinski definition) is 14. The second kappa shape index (κ2) is 40.4. The van der Waals surface area contributed by atoms with E-state index >= 15 is 0 Å². The topological polar surface area (TPSA) is 233 Å². The average molecular weight is 1830 g/mol. The van der Waals surface area contributed by atoms with Crippen molar-refractivity contribution in [3.05, 3.63) is 254 Å². The van der Waals surface area contributed by atoms with Crippen molar-refractivity contribution >= 4 is 85.8 Å². The zero-order valence-corrected chi connectivity index (χ0v) is 70.6. The normalized spacial score (nSPS) is 20.7. The molecule has 0 spiro atoms. The van der Waals surface area contributed by atoms with Crippen LogP contribution in [0.1, 0.15) is 113 Å². The van der Waals surface area contributed by atoms with Gasteiger partial charge in [0.05, 0.1) is 39.4 Å². The molecule has 5 atom stereocenters. The van der Waals surface area contributed by atoms with Gasteiger partial charge in [0.2, 0.25) is 0 Å². The van der Waals surface area contributed by atoms with Crippen LogP contribution >= 0.6 is 0 Å². The lowest BCUT2D eigenvalue weighted by Gasteiger charge is -2.55. The number of halogens is 14. The molecule has 6 aliphatic carbocycles. The monoisotopic (exact) mass is 1830 g/mol. The van der Waals surface area contributed by atoms with Crippen molar-refractivity contribution in [3.63, 3.8) is 0 Å². The van der Waals surface area contributed by atoms with Crippen molar-refractivity contribution in [1.82, 2.24) is 0 Å². The van der Waals surface area contributed by atoms with Gasteiger partial charge in [-0.3, -0.25) is 4.79 Å². The molecule has 14 nitrogen and oxygen atoms in total. The number of unbranched alkanes of at least 4 members (excludes halogenated alkanes) is 1. The Bertz CT molecular complexity index is 5100. The van der Waals surface area contributed by atoms with E-state index in [0.717, 1.165) is 50.2 Å². The van der Waals surface area contributed by atoms with Crippen LogP contribution in [0.15, 0.2) is 277 Å². The Morgan fingerprint density at radius 1 is 0.451 bits per heavy atom. The van der Waals surface area contributed by atoms with Gasteiger partial charge in [-0.1, -0.05) is 165 Å². The summed E-state index contributed by atoms with van der Waals surface area (Å²) in [5.41, 5.74) is -0.509. The highest BCUT2D eigenvalue weighted by Crippen LogP contribution is 2.62. The van der Waals surface area contributed by atoms with Crippen LogP contribution in [0.25, 0.3) is 10.8 Å². The van der Waals surface area contributed by atoms with E-state index in [2.05, 4.69) is 236 Å². The smallest absolute Gasteiger partial charge is 0.432 e. The Morgan fingerprint density at radius 3 is 1.19 bits per heavy atom. The molecule has 0 N–H and O–H groups in total. The van der Waals surface area contributed by atoms with E-state index in [4.69, 9.17) is 4.74 Å². The molecule has 6 saturated carbocycles. The molecule has 7 aliphatic rings. The van der Waals surface area contributed by atoms with E-state index in [1.165, 1.54) is 94.7 Å². The highest BCUT2D eigenvalue weighted by Gasteiger charge is 2.69. The van der Waals surface area contributed by atoms with Crippen LogP contribution in [0.3, 0.4) is 0 Å². The molecule has 0 amide bonds. The maximum atomic E-state index is 13.5. The van der Waals surface area contributed by atoms with Crippen LogP contribution in [0.5, 0.6) is 5.75 Å². The molecular formula is C88H88F14O14S6. The largest absolute Gasteiger partial charge is 0.743 e. The third-order valence-corrected chi connectivity index (χ3v) is 31.5. The van der Waals surface area contributed by atoms with Gasteiger partial charge in [-0.25, -0.2) is 30.0 Å². The number of fused-ring (bicyclic) bond motifs is 3. The van der Waals surface area contributed by atoms with E-state index in [1.807, 2.05) is 0 Å². The lowest BCUT2D eigenvalue weighted by molar-refractivity contribution is -0.266. The Kier molecular flexibility index (Phi) is 31.8. The summed E-state index contributed by atoms with van der Waals surface area (Å²) in [7, 11) is -19.3. The first kappa shape index (κ1) is 96.0. The first-order chi connectivity index (χ1) is 57.4. The fourth-order valence-electron chi connectivity index (χ4n) is 16.4. The predicted octanol–water partition coefficient (Wildman–Crippen LogP) is 21.6. The van der Waals surface area contributed by atoms with E-state index in [-0.39, 0.29) is 71.1 Å². The number of benzene rings is 9. The van der Waals surface area contributed by atoms with Gasteiger partial charge in [0.25, 0.3) is 12.2 Å². The van der Waals surface area contributed by atoms with Crippen LogP contribution in [0, 0.1) is 47.8 Å². The third-order valence-electron chi connectivity index (χ3n) is 21.8. The molecule has 7 fully saturated rings. The number of carbonyl (C=O) groups is 2. The number of carbonyl (C=O) groups excluding carboxylic acids is 2. The molecule has 0 aromatic heterocycles. The van der Waals surface area contributed by atoms with Crippen molar-refractivity contribution in [2.24, 2.45) is 40.9 Å². The molecule has 122 heavy (non-hydrogen) atoms. The van der Waals surface area contributed by atoms with Gasteiger partial charge in [-0.05, 0) is 217 Å². The van der Waals surface area contributed by atoms with Crippen molar-refractivity contribution < 1.29 is 124 Å². The maximum Gasteiger partial charge on any atom is 0.432 e. The highest BCUT2D eigenvalue weighted by atomic mass is 32.2. The second-order valence-electron chi connectivity index (χ2n) is 30.5. The molecule has 6 bridgehead atoms. The summed E-state index contributed by atoms with van der Waals surface area (Å²) in [6.07, 6.45) is -10.7. The molecule has 9 aromatic carbocycles. The summed E-state index contributed by atoms with van der Waals surface area (Å²) in [5.74, 6) is -6.22. The summed E-state index contributed by atoms with van der Waals surface area (Å²) in [5, 5.41) is -14.5. The van der Waals surface area contributed by atoms with E-state index in [1.54, 1.807) is 4.90 Å². The molecule has 16 rings (SSSR count). The maximum absolute atomic E-state index is 13.5. The number of esters is 2. The van der Waals surface area contributed by atoms with Gasteiger partial charge in [-0.2, -0.15) is 61.5 Å². The number of hydrogen-bond donors (Lipinski definition) is 0. The number of rotatable bonds is 22. The lowest BCUT2D eigenvalue weighted by atomic mass is 9.49. The van der Waals surface area contributed by atoms with E-state index < -0.39 is 111 Å². The van der Waals surface area contributed by atoms with Gasteiger partial charge < -0.3 is 27.9 Å². The molecule has 0 radical (unpaired) electrons. The van der Waals surface area contributed by atoms with E-state index in [9.17, 15) is 110 Å².